The van der Waals surface area contributed by atoms with Crippen molar-refractivity contribution >= 4 is 11.4 Å². The van der Waals surface area contributed by atoms with E-state index in [1.165, 1.54) is 17.8 Å². The minimum absolute atomic E-state index is 1.10. The minimum Gasteiger partial charge on any atom is -0.370 e. The molecule has 19 heavy (non-hydrogen) atoms. The molecule has 2 heteroatoms. The summed E-state index contributed by atoms with van der Waals surface area (Å²) in [6, 6.07) is 21.5. The zero-order chi connectivity index (χ0) is 12.9. The lowest BCUT2D eigenvalue weighted by Crippen LogP contribution is -2.30. The van der Waals surface area contributed by atoms with Gasteiger partial charge in [0, 0.05) is 37.6 Å². The van der Waals surface area contributed by atoms with Gasteiger partial charge in [0.05, 0.1) is 0 Å². The van der Waals surface area contributed by atoms with Gasteiger partial charge in [-0.05, 0) is 30.7 Å². The predicted molar refractivity (Wildman–Crippen MR) is 81.9 cm³/mol. The van der Waals surface area contributed by atoms with Crippen LogP contribution in [-0.4, -0.2) is 26.2 Å². The maximum Gasteiger partial charge on any atom is 0.0366 e. The molecular formula is C17H20N2. The number of benzene rings is 2. The topological polar surface area (TPSA) is 6.48 Å². The van der Waals surface area contributed by atoms with E-state index < -0.39 is 0 Å². The van der Waals surface area contributed by atoms with Crippen LogP contribution >= 0.6 is 0 Å². The highest BCUT2D eigenvalue weighted by atomic mass is 15.2. The Morgan fingerprint density at radius 1 is 0.526 bits per heavy atom. The molecule has 2 aromatic carbocycles. The first kappa shape index (κ1) is 12.1. The van der Waals surface area contributed by atoms with Crippen LogP contribution in [0.15, 0.2) is 60.7 Å². The van der Waals surface area contributed by atoms with Gasteiger partial charge in [0.2, 0.25) is 0 Å². The van der Waals surface area contributed by atoms with Crippen molar-refractivity contribution in [1.29, 1.82) is 0 Å². The Morgan fingerprint density at radius 2 is 0.947 bits per heavy atom. The van der Waals surface area contributed by atoms with Gasteiger partial charge in [-0.2, -0.15) is 0 Å². The van der Waals surface area contributed by atoms with Crippen molar-refractivity contribution < 1.29 is 0 Å². The molecule has 0 spiro atoms. The maximum absolute atomic E-state index is 2.49. The lowest BCUT2D eigenvalue weighted by molar-refractivity contribution is 0.806. The van der Waals surface area contributed by atoms with Crippen LogP contribution in [0.3, 0.4) is 0 Å². The Kier molecular flexibility index (Phi) is 3.68. The normalized spacial score (nSPS) is 16.2. The summed E-state index contributed by atoms with van der Waals surface area (Å²) in [6.07, 6.45) is 1.21. The molecule has 0 aliphatic carbocycles. The van der Waals surface area contributed by atoms with E-state index >= 15 is 0 Å². The molecule has 0 amide bonds. The van der Waals surface area contributed by atoms with Crippen molar-refractivity contribution in [3.63, 3.8) is 0 Å². The molecule has 3 rings (SSSR count). The van der Waals surface area contributed by atoms with Crippen LogP contribution in [0, 0.1) is 0 Å². The third-order valence-corrected chi connectivity index (χ3v) is 3.74. The Balaban J connectivity index is 1.69. The van der Waals surface area contributed by atoms with Gasteiger partial charge >= 0.3 is 0 Å². The summed E-state index contributed by atoms with van der Waals surface area (Å²) in [7, 11) is 0. The Bertz CT molecular complexity index is 448. The van der Waals surface area contributed by atoms with E-state index in [2.05, 4.69) is 70.5 Å². The van der Waals surface area contributed by atoms with Gasteiger partial charge in [0.15, 0.2) is 0 Å². The summed E-state index contributed by atoms with van der Waals surface area (Å²) < 4.78 is 0. The van der Waals surface area contributed by atoms with Crippen molar-refractivity contribution in [2.45, 2.75) is 6.42 Å². The number of para-hydroxylation sites is 2. The second-order valence-corrected chi connectivity index (χ2v) is 5.00. The molecule has 1 aliphatic rings. The molecule has 1 fully saturated rings. The van der Waals surface area contributed by atoms with E-state index in [1.807, 2.05) is 0 Å². The Hall–Kier alpha value is -1.96. The Labute approximate surface area is 115 Å². The molecule has 0 unspecified atom stereocenters. The van der Waals surface area contributed by atoms with E-state index in [4.69, 9.17) is 0 Å². The molecule has 0 bridgehead atoms. The summed E-state index contributed by atoms with van der Waals surface area (Å²) in [5, 5.41) is 0. The number of nitrogens with zero attached hydrogens (tertiary/aromatic N) is 2. The monoisotopic (exact) mass is 252 g/mol. The van der Waals surface area contributed by atoms with Gasteiger partial charge < -0.3 is 9.80 Å². The summed E-state index contributed by atoms with van der Waals surface area (Å²) >= 11 is 0. The summed E-state index contributed by atoms with van der Waals surface area (Å²) in [4.78, 5) is 4.98. The molecule has 2 aromatic rings. The molecule has 2 nitrogen and oxygen atoms in total. The minimum atomic E-state index is 1.10. The molecule has 0 radical (unpaired) electrons. The van der Waals surface area contributed by atoms with Gasteiger partial charge in [0.25, 0.3) is 0 Å². The summed E-state index contributed by atoms with van der Waals surface area (Å²) in [6.45, 7) is 4.48. The van der Waals surface area contributed by atoms with Crippen molar-refractivity contribution in [2.24, 2.45) is 0 Å². The smallest absolute Gasteiger partial charge is 0.0366 e. The molecule has 1 aliphatic heterocycles. The van der Waals surface area contributed by atoms with Crippen molar-refractivity contribution in [3.05, 3.63) is 60.7 Å². The molecule has 0 N–H and O–H groups in total. The number of anilines is 2. The first-order chi connectivity index (χ1) is 9.43. The van der Waals surface area contributed by atoms with Gasteiger partial charge in [-0.1, -0.05) is 36.4 Å². The largest absolute Gasteiger partial charge is 0.370 e. The van der Waals surface area contributed by atoms with Gasteiger partial charge in [-0.25, -0.2) is 0 Å². The highest BCUT2D eigenvalue weighted by molar-refractivity contribution is 5.49. The zero-order valence-corrected chi connectivity index (χ0v) is 11.2. The van der Waals surface area contributed by atoms with Crippen molar-refractivity contribution in [3.8, 4) is 0 Å². The predicted octanol–water partition coefficient (Wildman–Crippen LogP) is 3.40. The van der Waals surface area contributed by atoms with Crippen LogP contribution in [0.25, 0.3) is 0 Å². The molecule has 1 saturated heterocycles. The van der Waals surface area contributed by atoms with E-state index in [-0.39, 0.29) is 0 Å². The average Bonchev–Trinajstić information content (AvgIpc) is 2.75. The van der Waals surface area contributed by atoms with Gasteiger partial charge in [-0.15, -0.1) is 0 Å². The van der Waals surface area contributed by atoms with E-state index in [0.717, 1.165) is 26.2 Å². The fraction of sp³-hybridized carbons (Fsp3) is 0.294. The van der Waals surface area contributed by atoms with Gasteiger partial charge in [-0.3, -0.25) is 0 Å². The zero-order valence-electron chi connectivity index (χ0n) is 11.2. The molecular weight excluding hydrogens is 232 g/mol. The number of hydrogen-bond donors (Lipinski definition) is 0. The van der Waals surface area contributed by atoms with Crippen LogP contribution in [0.1, 0.15) is 6.42 Å². The van der Waals surface area contributed by atoms with E-state index in [9.17, 15) is 0 Å². The quantitative estimate of drug-likeness (QED) is 0.808. The molecule has 0 aromatic heterocycles. The van der Waals surface area contributed by atoms with Gasteiger partial charge in [0.1, 0.15) is 0 Å². The number of hydrogen-bond acceptors (Lipinski definition) is 2. The fourth-order valence-electron chi connectivity index (χ4n) is 2.71. The Morgan fingerprint density at radius 3 is 1.37 bits per heavy atom. The standard InChI is InChI=1S/C17H20N2/c1-3-8-16(9-4-1)18-12-7-13-19(15-14-18)17-10-5-2-6-11-17/h1-6,8-11H,7,12-15H2. The van der Waals surface area contributed by atoms with Crippen LogP contribution in [-0.2, 0) is 0 Å². The number of rotatable bonds is 2. The fourth-order valence-corrected chi connectivity index (χ4v) is 2.71. The SMILES string of the molecule is c1ccc(N2CCCN(c3ccccc3)CC2)cc1. The first-order valence-electron chi connectivity index (χ1n) is 7.03. The second kappa shape index (κ2) is 5.79. The summed E-state index contributed by atoms with van der Waals surface area (Å²) in [5.41, 5.74) is 2.69. The highest BCUT2D eigenvalue weighted by Crippen LogP contribution is 2.19. The molecule has 1 heterocycles. The lowest BCUT2D eigenvalue weighted by Gasteiger charge is -2.24. The maximum atomic E-state index is 2.49. The average molecular weight is 252 g/mol. The van der Waals surface area contributed by atoms with E-state index in [0.29, 0.717) is 0 Å². The molecule has 98 valence electrons. The molecule has 0 saturated carbocycles. The second-order valence-electron chi connectivity index (χ2n) is 5.00. The third-order valence-electron chi connectivity index (χ3n) is 3.74. The highest BCUT2D eigenvalue weighted by Gasteiger charge is 2.14. The van der Waals surface area contributed by atoms with Crippen LogP contribution in [0.2, 0.25) is 0 Å². The van der Waals surface area contributed by atoms with Crippen molar-refractivity contribution in [1.82, 2.24) is 0 Å². The first-order valence-corrected chi connectivity index (χ1v) is 7.03. The lowest BCUT2D eigenvalue weighted by atomic mass is 10.2. The summed E-state index contributed by atoms with van der Waals surface area (Å²) in [5.74, 6) is 0. The van der Waals surface area contributed by atoms with E-state index in [1.54, 1.807) is 0 Å². The third kappa shape index (κ3) is 2.90. The van der Waals surface area contributed by atoms with Crippen LogP contribution in [0.4, 0.5) is 11.4 Å². The van der Waals surface area contributed by atoms with Crippen molar-refractivity contribution in [2.75, 3.05) is 36.0 Å². The van der Waals surface area contributed by atoms with Crippen LogP contribution < -0.4 is 9.80 Å². The molecule has 0 atom stereocenters. The van der Waals surface area contributed by atoms with Crippen LogP contribution in [0.5, 0.6) is 0 Å².